The average molecular weight is 290 g/mol. The van der Waals surface area contributed by atoms with Crippen LogP contribution in [-0.2, 0) is 12.8 Å². The molecule has 21 heavy (non-hydrogen) atoms. The lowest BCUT2D eigenvalue weighted by Gasteiger charge is -2.10. The molecule has 0 aliphatic heterocycles. The van der Waals surface area contributed by atoms with Crippen LogP contribution < -0.4 is 9.47 Å². The minimum Gasteiger partial charge on any atom is -0.508 e. The van der Waals surface area contributed by atoms with Gasteiger partial charge < -0.3 is 14.6 Å². The number of rotatable bonds is 6. The van der Waals surface area contributed by atoms with Gasteiger partial charge >= 0.3 is 0 Å². The topological polar surface area (TPSA) is 38.7 Å². The molecule has 0 spiro atoms. The minimum absolute atomic E-state index is 0.142. The summed E-state index contributed by atoms with van der Waals surface area (Å²) in [5, 5.41) is 9.68. The third kappa shape index (κ3) is 3.88. The lowest BCUT2D eigenvalue weighted by atomic mass is 10.0. The zero-order valence-electron chi connectivity index (χ0n) is 12.2. The van der Waals surface area contributed by atoms with Crippen LogP contribution in [0.2, 0.25) is 0 Å². The van der Waals surface area contributed by atoms with Gasteiger partial charge in [0, 0.05) is 0 Å². The molecular weight excluding hydrogens is 271 g/mol. The second-order valence-electron chi connectivity index (χ2n) is 4.82. The summed E-state index contributed by atoms with van der Waals surface area (Å²) in [5.41, 5.74) is 1.75. The van der Waals surface area contributed by atoms with Gasteiger partial charge in [0.25, 0.3) is 0 Å². The first-order valence-corrected chi connectivity index (χ1v) is 6.82. The van der Waals surface area contributed by atoms with Gasteiger partial charge in [0.15, 0.2) is 11.5 Å². The van der Waals surface area contributed by atoms with Crippen LogP contribution >= 0.6 is 0 Å². The summed E-state index contributed by atoms with van der Waals surface area (Å²) >= 11 is 0. The second kappa shape index (κ2) is 6.97. The molecule has 0 aliphatic rings. The molecule has 0 amide bonds. The van der Waals surface area contributed by atoms with Gasteiger partial charge in [0.2, 0.25) is 0 Å². The van der Waals surface area contributed by atoms with Crippen LogP contribution in [0.4, 0.5) is 4.39 Å². The highest BCUT2D eigenvalue weighted by atomic mass is 19.1. The van der Waals surface area contributed by atoms with Gasteiger partial charge in [0.05, 0.1) is 14.2 Å². The van der Waals surface area contributed by atoms with Crippen molar-refractivity contribution in [2.45, 2.75) is 19.3 Å². The third-order valence-corrected chi connectivity index (χ3v) is 3.40. The van der Waals surface area contributed by atoms with Crippen molar-refractivity contribution in [3.05, 3.63) is 53.3 Å². The average Bonchev–Trinajstić information content (AvgIpc) is 2.50. The van der Waals surface area contributed by atoms with Crippen molar-refractivity contribution < 1.29 is 19.0 Å². The number of phenols is 1. The van der Waals surface area contributed by atoms with E-state index in [1.165, 1.54) is 18.2 Å². The first-order chi connectivity index (χ1) is 10.1. The maximum absolute atomic E-state index is 13.1. The van der Waals surface area contributed by atoms with Gasteiger partial charge in [0.1, 0.15) is 11.6 Å². The van der Waals surface area contributed by atoms with Gasteiger partial charge in [-0.25, -0.2) is 4.39 Å². The minimum atomic E-state index is -0.325. The maximum atomic E-state index is 13.1. The molecule has 112 valence electrons. The largest absolute Gasteiger partial charge is 0.508 e. The van der Waals surface area contributed by atoms with Crippen LogP contribution in [0.15, 0.2) is 36.4 Å². The third-order valence-electron chi connectivity index (χ3n) is 3.40. The summed E-state index contributed by atoms with van der Waals surface area (Å²) in [5.74, 6) is 1.21. The molecule has 3 nitrogen and oxygen atoms in total. The van der Waals surface area contributed by atoms with Gasteiger partial charge in [-0.2, -0.15) is 0 Å². The predicted octanol–water partition coefficient (Wildman–Crippen LogP) is 3.72. The Morgan fingerprint density at radius 2 is 1.71 bits per heavy atom. The SMILES string of the molecule is COc1ccc(CCCc2cc(F)ccc2O)cc1OC. The molecule has 2 aromatic carbocycles. The predicted molar refractivity (Wildman–Crippen MR) is 79.6 cm³/mol. The van der Waals surface area contributed by atoms with E-state index in [4.69, 9.17) is 9.47 Å². The van der Waals surface area contributed by atoms with E-state index in [1.54, 1.807) is 14.2 Å². The van der Waals surface area contributed by atoms with Crippen LogP contribution in [0.5, 0.6) is 17.2 Å². The number of hydrogen-bond acceptors (Lipinski definition) is 3. The molecule has 0 radical (unpaired) electrons. The summed E-state index contributed by atoms with van der Waals surface area (Å²) in [6.07, 6.45) is 2.25. The normalized spacial score (nSPS) is 10.4. The quantitative estimate of drug-likeness (QED) is 0.881. The Labute approximate surface area is 124 Å². The summed E-state index contributed by atoms with van der Waals surface area (Å²) in [6, 6.07) is 9.81. The first-order valence-electron chi connectivity index (χ1n) is 6.82. The van der Waals surface area contributed by atoms with Gasteiger partial charge in [-0.15, -0.1) is 0 Å². The summed E-state index contributed by atoms with van der Waals surface area (Å²) in [4.78, 5) is 0. The van der Waals surface area contributed by atoms with E-state index < -0.39 is 0 Å². The van der Waals surface area contributed by atoms with Crippen molar-refractivity contribution in [2.24, 2.45) is 0 Å². The van der Waals surface area contributed by atoms with Gasteiger partial charge in [-0.05, 0) is 60.7 Å². The molecule has 0 unspecified atom stereocenters. The lowest BCUT2D eigenvalue weighted by molar-refractivity contribution is 0.354. The first kappa shape index (κ1) is 15.2. The zero-order valence-corrected chi connectivity index (χ0v) is 12.2. The highest BCUT2D eigenvalue weighted by Crippen LogP contribution is 2.28. The molecule has 1 N–H and O–H groups in total. The highest BCUT2D eigenvalue weighted by molar-refractivity contribution is 5.43. The van der Waals surface area contributed by atoms with E-state index in [1.807, 2.05) is 18.2 Å². The van der Waals surface area contributed by atoms with Crippen molar-refractivity contribution in [1.82, 2.24) is 0 Å². The Morgan fingerprint density at radius 3 is 2.43 bits per heavy atom. The molecule has 0 saturated heterocycles. The van der Waals surface area contributed by atoms with Crippen molar-refractivity contribution in [3.8, 4) is 17.2 Å². The fourth-order valence-corrected chi connectivity index (χ4v) is 2.27. The fourth-order valence-electron chi connectivity index (χ4n) is 2.27. The molecule has 0 atom stereocenters. The number of benzene rings is 2. The molecule has 0 saturated carbocycles. The van der Waals surface area contributed by atoms with Crippen LogP contribution in [0.1, 0.15) is 17.5 Å². The molecule has 0 fully saturated rings. The van der Waals surface area contributed by atoms with Gasteiger partial charge in [-0.1, -0.05) is 6.07 Å². The van der Waals surface area contributed by atoms with E-state index in [-0.39, 0.29) is 11.6 Å². The lowest BCUT2D eigenvalue weighted by Crippen LogP contribution is -1.95. The Kier molecular flexibility index (Phi) is 5.04. The van der Waals surface area contributed by atoms with E-state index in [0.717, 1.165) is 18.4 Å². The molecular formula is C17H19FO3. The van der Waals surface area contributed by atoms with E-state index >= 15 is 0 Å². The van der Waals surface area contributed by atoms with Crippen molar-refractivity contribution >= 4 is 0 Å². The molecule has 0 bridgehead atoms. The monoisotopic (exact) mass is 290 g/mol. The number of hydrogen-bond donors (Lipinski definition) is 1. The second-order valence-corrected chi connectivity index (χ2v) is 4.82. The van der Waals surface area contributed by atoms with E-state index in [0.29, 0.717) is 23.5 Å². The Hall–Kier alpha value is -2.23. The number of aromatic hydroxyl groups is 1. The number of halogens is 1. The highest BCUT2D eigenvalue weighted by Gasteiger charge is 2.06. The zero-order chi connectivity index (χ0) is 15.2. The summed E-state index contributed by atoms with van der Waals surface area (Å²) < 4.78 is 23.6. The summed E-state index contributed by atoms with van der Waals surface area (Å²) in [6.45, 7) is 0. The number of aryl methyl sites for hydroxylation is 2. The molecule has 2 rings (SSSR count). The van der Waals surface area contributed by atoms with Crippen molar-refractivity contribution in [3.63, 3.8) is 0 Å². The van der Waals surface area contributed by atoms with Crippen LogP contribution in [0.25, 0.3) is 0 Å². The Balaban J connectivity index is 1.98. The number of ether oxygens (including phenoxy) is 2. The Morgan fingerprint density at radius 1 is 0.952 bits per heavy atom. The molecule has 2 aromatic rings. The molecule has 4 heteroatoms. The van der Waals surface area contributed by atoms with E-state index in [9.17, 15) is 9.50 Å². The number of methoxy groups -OCH3 is 2. The molecule has 0 aliphatic carbocycles. The standard InChI is InChI=1S/C17H19FO3/c1-20-16-9-6-12(10-17(16)21-2)4-3-5-13-11-14(18)7-8-15(13)19/h6-11,19H,3-5H2,1-2H3. The van der Waals surface area contributed by atoms with Gasteiger partial charge in [-0.3, -0.25) is 0 Å². The molecule has 0 aromatic heterocycles. The summed E-state index contributed by atoms with van der Waals surface area (Å²) in [7, 11) is 3.21. The van der Waals surface area contributed by atoms with Crippen LogP contribution in [0.3, 0.4) is 0 Å². The Bertz CT molecular complexity index is 611. The van der Waals surface area contributed by atoms with E-state index in [2.05, 4.69) is 0 Å². The van der Waals surface area contributed by atoms with Crippen molar-refractivity contribution in [1.29, 1.82) is 0 Å². The van der Waals surface area contributed by atoms with Crippen LogP contribution in [0, 0.1) is 5.82 Å². The maximum Gasteiger partial charge on any atom is 0.160 e. The molecule has 0 heterocycles. The number of phenolic OH excluding ortho intramolecular Hbond substituents is 1. The smallest absolute Gasteiger partial charge is 0.160 e. The van der Waals surface area contributed by atoms with Crippen LogP contribution in [-0.4, -0.2) is 19.3 Å². The fraction of sp³-hybridized carbons (Fsp3) is 0.294. The van der Waals surface area contributed by atoms with Crippen molar-refractivity contribution in [2.75, 3.05) is 14.2 Å².